The van der Waals surface area contributed by atoms with Crippen molar-refractivity contribution < 1.29 is 5.11 Å². The van der Waals surface area contributed by atoms with Gasteiger partial charge in [-0.3, -0.25) is 0 Å². The minimum absolute atomic E-state index is 0.209. The van der Waals surface area contributed by atoms with Crippen molar-refractivity contribution >= 4 is 23.1 Å². The number of pyridine rings is 1. The van der Waals surface area contributed by atoms with Crippen LogP contribution in [0.5, 0.6) is 0 Å². The monoisotopic (exact) mass is 430 g/mol. The Balaban J connectivity index is 1.70. The standard InChI is InChI=1S/C23H19ClN6O/c1-13-7-16(9-19(24)26-13)21-22(15-4-2-3-14(8-15)12-25)29-30-6-5-20(28-23(21)30)27-17-10-18(31)11-17/h2-9,17-18,31H,10-11H2,1H3,(H,27,28)/t17-,18-. The van der Waals surface area contributed by atoms with Gasteiger partial charge < -0.3 is 10.4 Å². The van der Waals surface area contributed by atoms with E-state index < -0.39 is 0 Å². The first-order valence-electron chi connectivity index (χ1n) is 9.99. The molecule has 1 saturated carbocycles. The Kier molecular flexibility index (Phi) is 4.81. The summed E-state index contributed by atoms with van der Waals surface area (Å²) in [6.07, 6.45) is 3.04. The lowest BCUT2D eigenvalue weighted by Gasteiger charge is -2.32. The summed E-state index contributed by atoms with van der Waals surface area (Å²) in [7, 11) is 0. The lowest BCUT2D eigenvalue weighted by Crippen LogP contribution is -2.39. The van der Waals surface area contributed by atoms with E-state index in [0.29, 0.717) is 34.9 Å². The summed E-state index contributed by atoms with van der Waals surface area (Å²) in [5.41, 5.74) is 5.22. The van der Waals surface area contributed by atoms with Crippen LogP contribution in [0.2, 0.25) is 5.15 Å². The Morgan fingerprint density at radius 2 is 2.00 bits per heavy atom. The topological polar surface area (TPSA) is 99.1 Å². The molecule has 1 aromatic carbocycles. The van der Waals surface area contributed by atoms with Crippen molar-refractivity contribution in [2.24, 2.45) is 0 Å². The normalized spacial score (nSPS) is 17.9. The highest BCUT2D eigenvalue weighted by atomic mass is 35.5. The van der Waals surface area contributed by atoms with Crippen molar-refractivity contribution in [3.05, 3.63) is 65.1 Å². The van der Waals surface area contributed by atoms with E-state index in [1.54, 1.807) is 16.6 Å². The molecule has 5 rings (SSSR count). The van der Waals surface area contributed by atoms with Crippen molar-refractivity contribution in [3.8, 4) is 28.5 Å². The molecule has 7 nitrogen and oxygen atoms in total. The van der Waals surface area contributed by atoms with Crippen LogP contribution < -0.4 is 5.32 Å². The number of aromatic nitrogens is 4. The lowest BCUT2D eigenvalue weighted by atomic mass is 9.89. The van der Waals surface area contributed by atoms with Gasteiger partial charge in [0.05, 0.1) is 23.3 Å². The van der Waals surface area contributed by atoms with Crippen molar-refractivity contribution in [1.82, 2.24) is 19.6 Å². The van der Waals surface area contributed by atoms with E-state index in [1.165, 1.54) is 0 Å². The molecular formula is C23H19ClN6O. The van der Waals surface area contributed by atoms with Crippen LogP contribution in [0.25, 0.3) is 28.0 Å². The summed E-state index contributed by atoms with van der Waals surface area (Å²) in [6.45, 7) is 1.89. The number of fused-ring (bicyclic) bond motifs is 1. The second kappa shape index (κ2) is 7.65. The highest BCUT2D eigenvalue weighted by molar-refractivity contribution is 6.29. The Bertz CT molecular complexity index is 1320. The first-order valence-corrected chi connectivity index (χ1v) is 10.4. The maximum Gasteiger partial charge on any atom is 0.165 e. The highest BCUT2D eigenvalue weighted by Gasteiger charge is 2.27. The molecule has 0 radical (unpaired) electrons. The van der Waals surface area contributed by atoms with Crippen LogP contribution in [0, 0.1) is 18.3 Å². The third-order valence-corrected chi connectivity index (χ3v) is 5.62. The summed E-state index contributed by atoms with van der Waals surface area (Å²) in [5, 5.41) is 27.4. The molecule has 1 fully saturated rings. The molecule has 1 aliphatic carbocycles. The van der Waals surface area contributed by atoms with E-state index in [1.807, 2.05) is 43.5 Å². The fourth-order valence-electron chi connectivity index (χ4n) is 3.90. The predicted octanol–water partition coefficient (Wildman–Crippen LogP) is 4.23. The smallest absolute Gasteiger partial charge is 0.165 e. The fraction of sp³-hybridized carbons (Fsp3) is 0.217. The summed E-state index contributed by atoms with van der Waals surface area (Å²) in [6, 6.07) is 15.4. The van der Waals surface area contributed by atoms with Crippen molar-refractivity contribution in [2.75, 3.05) is 5.32 Å². The third-order valence-electron chi connectivity index (χ3n) is 5.43. The molecule has 154 valence electrons. The molecular weight excluding hydrogens is 412 g/mol. The number of hydrogen-bond acceptors (Lipinski definition) is 6. The molecule has 0 saturated heterocycles. The van der Waals surface area contributed by atoms with Crippen molar-refractivity contribution in [3.63, 3.8) is 0 Å². The lowest BCUT2D eigenvalue weighted by molar-refractivity contribution is 0.0835. The number of aliphatic hydroxyl groups excluding tert-OH is 1. The first-order chi connectivity index (χ1) is 15.0. The number of hydrogen-bond donors (Lipinski definition) is 2. The molecule has 4 aromatic rings. The van der Waals surface area contributed by atoms with E-state index in [9.17, 15) is 10.4 Å². The first kappa shape index (κ1) is 19.5. The molecule has 0 amide bonds. The molecule has 0 aliphatic heterocycles. The molecule has 3 aromatic heterocycles. The van der Waals surface area contributed by atoms with E-state index in [-0.39, 0.29) is 12.1 Å². The number of nitriles is 1. The quantitative estimate of drug-likeness (QED) is 0.470. The number of anilines is 1. The van der Waals surface area contributed by atoms with Crippen molar-refractivity contribution in [2.45, 2.75) is 31.9 Å². The Hall–Kier alpha value is -3.47. The van der Waals surface area contributed by atoms with Crippen molar-refractivity contribution in [1.29, 1.82) is 5.26 Å². The van der Waals surface area contributed by atoms with Crippen LogP contribution in [-0.2, 0) is 0 Å². The van der Waals surface area contributed by atoms with Crippen LogP contribution in [0.15, 0.2) is 48.7 Å². The zero-order valence-electron chi connectivity index (χ0n) is 16.7. The van der Waals surface area contributed by atoms with Gasteiger partial charge in [-0.1, -0.05) is 23.7 Å². The number of rotatable bonds is 4. The average Bonchev–Trinajstić information content (AvgIpc) is 3.11. The molecule has 31 heavy (non-hydrogen) atoms. The Morgan fingerprint density at radius 1 is 1.16 bits per heavy atom. The molecule has 2 N–H and O–H groups in total. The van der Waals surface area contributed by atoms with Gasteiger partial charge in [0.1, 0.15) is 16.7 Å². The molecule has 0 bridgehead atoms. The SMILES string of the molecule is Cc1cc(-c2c(-c3cccc(C#N)c3)nn3ccc(N[C@H]4C[C@H](O)C4)nc23)cc(Cl)n1. The summed E-state index contributed by atoms with van der Waals surface area (Å²) >= 11 is 6.27. The molecule has 0 spiro atoms. The van der Waals surface area contributed by atoms with E-state index >= 15 is 0 Å². The number of nitrogens with one attached hydrogen (secondary N) is 1. The summed E-state index contributed by atoms with van der Waals surface area (Å²) < 4.78 is 1.73. The zero-order chi connectivity index (χ0) is 21.5. The van der Waals surface area contributed by atoms with Gasteiger partial charge in [-0.05, 0) is 55.7 Å². The number of halogens is 1. The van der Waals surface area contributed by atoms with Gasteiger partial charge in [0.25, 0.3) is 0 Å². The van der Waals surface area contributed by atoms with Crippen LogP contribution in [-0.4, -0.2) is 36.8 Å². The number of aliphatic hydroxyl groups is 1. The van der Waals surface area contributed by atoms with Gasteiger partial charge in [-0.25, -0.2) is 14.5 Å². The average molecular weight is 431 g/mol. The minimum atomic E-state index is -0.243. The van der Waals surface area contributed by atoms with Gasteiger partial charge in [0, 0.05) is 23.5 Å². The minimum Gasteiger partial charge on any atom is -0.393 e. The maximum atomic E-state index is 9.57. The van der Waals surface area contributed by atoms with E-state index in [0.717, 1.165) is 28.2 Å². The summed E-state index contributed by atoms with van der Waals surface area (Å²) in [4.78, 5) is 9.10. The second-order valence-electron chi connectivity index (χ2n) is 7.78. The molecule has 1 aliphatic rings. The van der Waals surface area contributed by atoms with Gasteiger partial charge >= 0.3 is 0 Å². The number of nitrogens with zero attached hydrogens (tertiary/aromatic N) is 5. The maximum absolute atomic E-state index is 9.57. The third kappa shape index (κ3) is 3.72. The van der Waals surface area contributed by atoms with E-state index in [2.05, 4.69) is 16.4 Å². The number of aryl methyl sites for hydroxylation is 1. The molecule has 3 heterocycles. The van der Waals surface area contributed by atoms with Gasteiger partial charge in [-0.2, -0.15) is 10.4 Å². The Morgan fingerprint density at radius 3 is 2.74 bits per heavy atom. The predicted molar refractivity (Wildman–Crippen MR) is 119 cm³/mol. The second-order valence-corrected chi connectivity index (χ2v) is 8.17. The Labute approximate surface area is 184 Å². The van der Waals surface area contributed by atoms with Crippen LogP contribution >= 0.6 is 11.6 Å². The van der Waals surface area contributed by atoms with Crippen LogP contribution in [0.1, 0.15) is 24.1 Å². The fourth-order valence-corrected chi connectivity index (χ4v) is 4.15. The zero-order valence-corrected chi connectivity index (χ0v) is 17.5. The van der Waals surface area contributed by atoms with Gasteiger partial charge in [0.15, 0.2) is 5.65 Å². The molecule has 8 heteroatoms. The largest absolute Gasteiger partial charge is 0.393 e. The number of benzene rings is 1. The van der Waals surface area contributed by atoms with Crippen LogP contribution in [0.3, 0.4) is 0 Å². The summed E-state index contributed by atoms with van der Waals surface area (Å²) in [5.74, 6) is 0.722. The van der Waals surface area contributed by atoms with Crippen LogP contribution in [0.4, 0.5) is 5.82 Å². The van der Waals surface area contributed by atoms with Gasteiger partial charge in [-0.15, -0.1) is 0 Å². The highest BCUT2D eigenvalue weighted by Crippen LogP contribution is 2.36. The molecule has 0 unspecified atom stereocenters. The molecule has 0 atom stereocenters. The van der Waals surface area contributed by atoms with Gasteiger partial charge in [0.2, 0.25) is 0 Å². The van der Waals surface area contributed by atoms with E-state index in [4.69, 9.17) is 21.7 Å².